The highest BCUT2D eigenvalue weighted by molar-refractivity contribution is 6.31. The fourth-order valence-electron chi connectivity index (χ4n) is 2.30. The minimum atomic E-state index is -5.48. The van der Waals surface area contributed by atoms with E-state index in [1.54, 1.807) is 5.32 Å². The second-order valence-electron chi connectivity index (χ2n) is 5.68. The highest BCUT2D eigenvalue weighted by atomic mass is 35.5. The molecule has 0 spiro atoms. The van der Waals surface area contributed by atoms with Crippen molar-refractivity contribution in [3.8, 4) is 0 Å². The highest BCUT2D eigenvalue weighted by Gasteiger charge is 2.64. The van der Waals surface area contributed by atoms with E-state index in [0.717, 1.165) is 12.1 Å². The third-order valence-electron chi connectivity index (χ3n) is 3.65. The number of hydrogen-bond donors (Lipinski definition) is 2. The van der Waals surface area contributed by atoms with Gasteiger partial charge in [0, 0.05) is 16.7 Å². The van der Waals surface area contributed by atoms with Crippen molar-refractivity contribution in [1.82, 2.24) is 5.32 Å². The van der Waals surface area contributed by atoms with E-state index in [0.29, 0.717) is 18.2 Å². The summed E-state index contributed by atoms with van der Waals surface area (Å²) in [6.07, 6.45) is -5.48. The molecule has 1 atom stereocenters. The van der Waals surface area contributed by atoms with Crippen molar-refractivity contribution in [2.24, 2.45) is 0 Å². The number of alkyl halides is 3. The predicted molar refractivity (Wildman–Crippen MR) is 94.3 cm³/mol. The van der Waals surface area contributed by atoms with Gasteiger partial charge in [0.15, 0.2) is 0 Å². The topological polar surface area (TPSA) is 67.4 Å². The van der Waals surface area contributed by atoms with Crippen LogP contribution in [0, 0.1) is 11.6 Å². The van der Waals surface area contributed by atoms with Crippen molar-refractivity contribution >= 4 is 29.2 Å². The molecule has 2 N–H and O–H groups in total. The zero-order valence-corrected chi connectivity index (χ0v) is 15.5. The average Bonchev–Trinajstić information content (AvgIpc) is 2.62. The first-order valence-electron chi connectivity index (χ1n) is 8.05. The molecular formula is C18H14ClF5N2O3. The third kappa shape index (κ3) is 4.94. The Balaban J connectivity index is 2.55. The van der Waals surface area contributed by atoms with Crippen LogP contribution < -0.4 is 10.6 Å². The normalized spacial score (nSPS) is 13.3. The predicted octanol–water partition coefficient (Wildman–Crippen LogP) is 4.28. The number of nitrogens with one attached hydrogen (secondary N) is 2. The Kier molecular flexibility index (Phi) is 6.68. The Bertz CT molecular complexity index is 923. The molecule has 0 aliphatic carbocycles. The minimum absolute atomic E-state index is 0.0592. The lowest BCUT2D eigenvalue weighted by molar-refractivity contribution is -0.204. The molecular weight excluding hydrogens is 423 g/mol. The monoisotopic (exact) mass is 436 g/mol. The van der Waals surface area contributed by atoms with Gasteiger partial charge in [-0.05, 0) is 37.3 Å². The molecule has 0 aromatic heterocycles. The molecule has 0 aliphatic rings. The van der Waals surface area contributed by atoms with Gasteiger partial charge >= 0.3 is 17.8 Å². The van der Waals surface area contributed by atoms with Gasteiger partial charge in [-0.15, -0.1) is 0 Å². The van der Waals surface area contributed by atoms with Gasteiger partial charge in [-0.25, -0.2) is 13.6 Å². The number of rotatable bonds is 6. The third-order valence-corrected chi connectivity index (χ3v) is 3.88. The van der Waals surface area contributed by atoms with Crippen LogP contribution in [-0.2, 0) is 9.53 Å². The fourth-order valence-corrected chi connectivity index (χ4v) is 2.49. The molecule has 156 valence electrons. The number of amides is 1. The smallest absolute Gasteiger partial charge is 0.441 e. The SMILES string of the molecule is CCOC(=O)[C@@](NC(=O)c1cccc(Cl)c1)(Nc1ccc(F)cc1F)C(F)(F)F. The second kappa shape index (κ2) is 8.64. The van der Waals surface area contributed by atoms with Crippen molar-refractivity contribution in [1.29, 1.82) is 0 Å². The molecule has 29 heavy (non-hydrogen) atoms. The Morgan fingerprint density at radius 3 is 2.34 bits per heavy atom. The molecule has 0 fully saturated rings. The van der Waals surface area contributed by atoms with E-state index in [1.807, 2.05) is 0 Å². The summed E-state index contributed by atoms with van der Waals surface area (Å²) in [6.45, 7) is 0.785. The molecule has 11 heteroatoms. The Labute approximate surface area is 166 Å². The van der Waals surface area contributed by atoms with Gasteiger partial charge in [-0.2, -0.15) is 13.2 Å². The van der Waals surface area contributed by atoms with Crippen molar-refractivity contribution in [3.05, 3.63) is 64.7 Å². The van der Waals surface area contributed by atoms with Gasteiger partial charge in [0.1, 0.15) is 11.6 Å². The number of halogens is 6. The number of esters is 1. The van der Waals surface area contributed by atoms with Crippen molar-refractivity contribution < 1.29 is 36.3 Å². The molecule has 0 heterocycles. The number of carbonyl (C=O) groups excluding carboxylic acids is 2. The Morgan fingerprint density at radius 1 is 1.10 bits per heavy atom. The largest absolute Gasteiger partial charge is 0.463 e. The van der Waals surface area contributed by atoms with E-state index in [4.69, 9.17) is 11.6 Å². The average molecular weight is 437 g/mol. The summed E-state index contributed by atoms with van der Waals surface area (Å²) in [5.74, 6) is -5.75. The molecule has 2 aromatic carbocycles. The van der Waals surface area contributed by atoms with Crippen LogP contribution in [0.3, 0.4) is 0 Å². The van der Waals surface area contributed by atoms with Gasteiger partial charge in [0.05, 0.1) is 12.3 Å². The Hall–Kier alpha value is -2.88. The van der Waals surface area contributed by atoms with Crippen LogP contribution in [0.25, 0.3) is 0 Å². The van der Waals surface area contributed by atoms with Crippen molar-refractivity contribution in [3.63, 3.8) is 0 Å². The highest BCUT2D eigenvalue weighted by Crippen LogP contribution is 2.34. The standard InChI is InChI=1S/C18H14ClF5N2O3/c1-2-29-16(28)17(18(22,23)24,25-14-7-6-12(20)9-13(14)21)26-15(27)10-4-3-5-11(19)8-10/h3-9,25H,2H2,1H3,(H,26,27)/t17-/m0/s1. The van der Waals surface area contributed by atoms with Crippen LogP contribution in [0.1, 0.15) is 17.3 Å². The molecule has 0 aliphatic heterocycles. The molecule has 1 amide bonds. The van der Waals surface area contributed by atoms with Gasteiger partial charge in [0.2, 0.25) is 0 Å². The van der Waals surface area contributed by atoms with Crippen LogP contribution in [0.4, 0.5) is 27.6 Å². The summed E-state index contributed by atoms with van der Waals surface area (Å²) in [6, 6.07) is 6.56. The molecule has 0 unspecified atom stereocenters. The van der Waals surface area contributed by atoms with Crippen LogP contribution in [0.15, 0.2) is 42.5 Å². The molecule has 0 saturated heterocycles. The summed E-state index contributed by atoms with van der Waals surface area (Å²) in [7, 11) is 0. The van der Waals surface area contributed by atoms with Crippen molar-refractivity contribution in [2.45, 2.75) is 18.8 Å². The summed E-state index contributed by atoms with van der Waals surface area (Å²) >= 11 is 5.73. The van der Waals surface area contributed by atoms with Crippen LogP contribution in [-0.4, -0.2) is 30.3 Å². The molecule has 5 nitrogen and oxygen atoms in total. The van der Waals surface area contributed by atoms with E-state index < -0.39 is 47.6 Å². The minimum Gasteiger partial charge on any atom is -0.463 e. The number of carbonyl (C=O) groups is 2. The number of ether oxygens (including phenoxy) is 1. The van der Waals surface area contributed by atoms with Crippen molar-refractivity contribution in [2.75, 3.05) is 11.9 Å². The van der Waals surface area contributed by atoms with Gasteiger partial charge in [0.25, 0.3) is 5.91 Å². The second-order valence-corrected chi connectivity index (χ2v) is 6.12. The van der Waals surface area contributed by atoms with E-state index >= 15 is 0 Å². The summed E-state index contributed by atoms with van der Waals surface area (Å²) in [4.78, 5) is 24.7. The lowest BCUT2D eigenvalue weighted by Crippen LogP contribution is -2.69. The molecule has 2 aromatic rings. The first-order valence-corrected chi connectivity index (χ1v) is 8.43. The number of anilines is 1. The number of benzene rings is 2. The quantitative estimate of drug-likeness (QED) is 0.403. The zero-order chi connectivity index (χ0) is 21.8. The zero-order valence-electron chi connectivity index (χ0n) is 14.7. The van der Waals surface area contributed by atoms with Gasteiger partial charge < -0.3 is 15.4 Å². The van der Waals surface area contributed by atoms with E-state index in [1.165, 1.54) is 24.4 Å². The maximum absolute atomic E-state index is 14.0. The first kappa shape index (κ1) is 22.4. The summed E-state index contributed by atoms with van der Waals surface area (Å²) in [5.41, 5.74) is -5.04. The van der Waals surface area contributed by atoms with Gasteiger partial charge in [-0.1, -0.05) is 17.7 Å². The van der Waals surface area contributed by atoms with E-state index in [9.17, 15) is 31.5 Å². The first-order chi connectivity index (χ1) is 13.5. The maximum atomic E-state index is 14.0. The lowest BCUT2D eigenvalue weighted by atomic mass is 10.1. The van der Waals surface area contributed by atoms with Crippen LogP contribution in [0.2, 0.25) is 5.02 Å². The number of hydrogen-bond acceptors (Lipinski definition) is 4. The summed E-state index contributed by atoms with van der Waals surface area (Å²) < 4.78 is 73.6. The Morgan fingerprint density at radius 2 is 1.79 bits per heavy atom. The maximum Gasteiger partial charge on any atom is 0.441 e. The van der Waals surface area contributed by atoms with E-state index in [2.05, 4.69) is 4.74 Å². The van der Waals surface area contributed by atoms with Crippen LogP contribution in [0.5, 0.6) is 0 Å². The molecule has 2 rings (SSSR count). The van der Waals surface area contributed by atoms with E-state index in [-0.39, 0.29) is 10.6 Å². The lowest BCUT2D eigenvalue weighted by Gasteiger charge is -2.35. The molecule has 0 radical (unpaired) electrons. The molecule has 0 saturated carbocycles. The van der Waals surface area contributed by atoms with Crippen LogP contribution >= 0.6 is 11.6 Å². The molecule has 0 bridgehead atoms. The fraction of sp³-hybridized carbons (Fsp3) is 0.222. The van der Waals surface area contributed by atoms with Gasteiger partial charge in [-0.3, -0.25) is 4.79 Å². The summed E-state index contributed by atoms with van der Waals surface area (Å²) in [5, 5.41) is 3.20.